The second-order valence-corrected chi connectivity index (χ2v) is 14.5. The Morgan fingerprint density at radius 3 is 2.29 bits per heavy atom. The number of imidazole rings is 1. The first-order valence-corrected chi connectivity index (χ1v) is 18.0. The van der Waals surface area contributed by atoms with Gasteiger partial charge in [0, 0.05) is 23.7 Å². The van der Waals surface area contributed by atoms with Crippen LogP contribution in [0.25, 0.3) is 11.0 Å². The number of hydrogen-bond donors (Lipinski definition) is 11. The van der Waals surface area contributed by atoms with E-state index < -0.39 is 71.1 Å². The summed E-state index contributed by atoms with van der Waals surface area (Å²) in [7, 11) is -11.4. The van der Waals surface area contributed by atoms with Gasteiger partial charge in [-0.1, -0.05) is 26.2 Å². The summed E-state index contributed by atoms with van der Waals surface area (Å²) in [6.07, 6.45) is -8.92. The van der Waals surface area contributed by atoms with Crippen molar-refractivity contribution in [1.29, 1.82) is 0 Å². The standard InChI is InChI=1S/C25H40N6O15P2/c1-2-3-4-5-6-13-9-28-31(29-13)10-16-18(33)19(34)21(36)24(42-16)44-47(38,39)46-48(40,41)45-25-22(37)20(35)23(43-25)30-11-27-17-14(30)7-12(26)8-15(17)32/h7-9,11,16,18-25,28-29,32-37H,2-6,10,26H2,1H3,(H,38,39)(H,40,41)/t16-,18+,19+,20+,21-,22-,23+,24+,25+/m0/s1. The number of nitrogens with zero attached hydrogens (tertiary/aromatic N) is 3. The van der Waals surface area contributed by atoms with E-state index in [4.69, 9.17) is 24.3 Å². The smallest absolute Gasteiger partial charge is 0.483 e. The number of benzene rings is 1. The number of allylic oxidation sites excluding steroid dienone is 1. The van der Waals surface area contributed by atoms with Crippen molar-refractivity contribution in [3.8, 4) is 5.75 Å². The number of fused-ring (bicyclic) bond motifs is 1. The summed E-state index contributed by atoms with van der Waals surface area (Å²) in [5.41, 5.74) is 12.9. The molecule has 48 heavy (non-hydrogen) atoms. The molecule has 12 N–H and O–H groups in total. The van der Waals surface area contributed by atoms with Crippen LogP contribution in [0, 0.1) is 0 Å². The lowest BCUT2D eigenvalue weighted by molar-refractivity contribution is -0.279. The van der Waals surface area contributed by atoms with E-state index in [-0.39, 0.29) is 29.0 Å². The average Bonchev–Trinajstić information content (AvgIpc) is 3.70. The Bertz CT molecular complexity index is 1570. The number of phenolic OH excluding ortho intramolecular Hbond substituents is 1. The van der Waals surface area contributed by atoms with Crippen LogP contribution < -0.4 is 16.6 Å². The average molecular weight is 727 g/mol. The van der Waals surface area contributed by atoms with Gasteiger partial charge in [0.1, 0.15) is 47.9 Å². The Labute approximate surface area is 273 Å². The molecule has 2 unspecified atom stereocenters. The fourth-order valence-electron chi connectivity index (χ4n) is 5.41. The van der Waals surface area contributed by atoms with Crippen molar-refractivity contribution in [2.45, 2.75) is 94.5 Å². The van der Waals surface area contributed by atoms with Gasteiger partial charge in [0.25, 0.3) is 0 Å². The van der Waals surface area contributed by atoms with Crippen molar-refractivity contribution >= 4 is 32.4 Å². The molecular formula is C25H40N6O15P2. The number of hydrogen-bond acceptors (Lipinski definition) is 18. The van der Waals surface area contributed by atoms with Gasteiger partial charge in [-0.2, -0.15) is 4.31 Å². The van der Waals surface area contributed by atoms with Crippen molar-refractivity contribution in [2.75, 3.05) is 12.3 Å². The molecule has 5 rings (SSSR count). The summed E-state index contributed by atoms with van der Waals surface area (Å²) in [5, 5.41) is 63.8. The van der Waals surface area contributed by atoms with E-state index in [9.17, 15) is 49.6 Å². The molecule has 0 amide bonds. The van der Waals surface area contributed by atoms with Crippen molar-refractivity contribution < 1.29 is 72.4 Å². The van der Waals surface area contributed by atoms with E-state index >= 15 is 0 Å². The molecule has 1 aromatic heterocycles. The van der Waals surface area contributed by atoms with Crippen molar-refractivity contribution in [2.24, 2.45) is 0 Å². The molecule has 11 atom stereocenters. The zero-order chi connectivity index (χ0) is 35.0. The second-order valence-electron chi connectivity index (χ2n) is 11.5. The number of hydrazine groups is 2. The van der Waals surface area contributed by atoms with E-state index in [0.717, 1.165) is 48.7 Å². The lowest BCUT2D eigenvalue weighted by Crippen LogP contribution is -2.61. The zero-order valence-electron chi connectivity index (χ0n) is 25.5. The molecular weight excluding hydrogens is 686 g/mol. The Hall–Kier alpha value is -2.43. The number of nitrogens with two attached hydrogens (primary N) is 1. The first-order chi connectivity index (χ1) is 22.6. The number of nitrogen functional groups attached to an aromatic ring is 1. The lowest BCUT2D eigenvalue weighted by Gasteiger charge is -2.41. The van der Waals surface area contributed by atoms with E-state index in [1.165, 1.54) is 17.3 Å². The van der Waals surface area contributed by atoms with Crippen LogP contribution in [-0.2, 0) is 32.0 Å². The van der Waals surface area contributed by atoms with Gasteiger partial charge in [0.05, 0.1) is 18.4 Å². The van der Waals surface area contributed by atoms with Gasteiger partial charge >= 0.3 is 15.6 Å². The van der Waals surface area contributed by atoms with E-state index in [1.807, 2.05) is 0 Å². The van der Waals surface area contributed by atoms with E-state index in [1.54, 1.807) is 6.20 Å². The molecule has 21 nitrogen and oxygen atoms in total. The number of aromatic hydroxyl groups is 1. The summed E-state index contributed by atoms with van der Waals surface area (Å²) in [5.74, 6) is -0.291. The molecule has 270 valence electrons. The van der Waals surface area contributed by atoms with Gasteiger partial charge in [0.2, 0.25) is 0 Å². The molecule has 0 radical (unpaired) electrons. The SMILES string of the molecule is CCCCCCC1=CNN(C[C@@H]2O[C@H](OP(=O)(O)OP(=O)(O)O[C@H]3O[C@@H](n4cnc5c(O)cc(N)cc54)[C@H](O)[C@@H]3O)[C@@H](O)[C@H](O)[C@@H]2O)N1. The summed E-state index contributed by atoms with van der Waals surface area (Å²) in [6.45, 7) is 1.93. The monoisotopic (exact) mass is 726 g/mol. The van der Waals surface area contributed by atoms with Gasteiger partial charge in [-0.05, 0) is 18.9 Å². The quantitative estimate of drug-likeness (QED) is 0.0638. The summed E-state index contributed by atoms with van der Waals surface area (Å²) >= 11 is 0. The minimum atomic E-state index is -5.68. The summed E-state index contributed by atoms with van der Waals surface area (Å²) < 4.78 is 51.3. The minimum absolute atomic E-state index is 0.0626. The van der Waals surface area contributed by atoms with Gasteiger partial charge in [-0.25, -0.2) is 14.1 Å². The number of rotatable bonds is 14. The number of unbranched alkanes of at least 4 members (excludes halogenated alkanes) is 3. The molecule has 0 saturated carbocycles. The van der Waals surface area contributed by atoms with Crippen LogP contribution in [0.1, 0.15) is 45.3 Å². The van der Waals surface area contributed by atoms with Gasteiger partial charge in [0.15, 0.2) is 18.8 Å². The van der Waals surface area contributed by atoms with Crippen LogP contribution in [0.5, 0.6) is 5.75 Å². The third-order valence-corrected chi connectivity index (χ3v) is 10.4. The van der Waals surface area contributed by atoms with Crippen LogP contribution in [0.15, 0.2) is 30.4 Å². The van der Waals surface area contributed by atoms with Gasteiger partial charge in [-0.3, -0.25) is 9.05 Å². The molecule has 3 aliphatic rings. The Morgan fingerprint density at radius 1 is 0.938 bits per heavy atom. The first kappa shape index (κ1) is 36.8. The minimum Gasteiger partial charge on any atom is -0.506 e. The van der Waals surface area contributed by atoms with Gasteiger partial charge in [-0.15, -0.1) is 5.12 Å². The molecule has 0 aliphatic carbocycles. The highest BCUT2D eigenvalue weighted by atomic mass is 31.3. The molecule has 4 heterocycles. The fraction of sp³-hybridized carbons (Fsp3) is 0.640. The first-order valence-electron chi connectivity index (χ1n) is 15.0. The number of phenols is 1. The third kappa shape index (κ3) is 8.29. The van der Waals surface area contributed by atoms with Crippen LogP contribution in [0.3, 0.4) is 0 Å². The maximum Gasteiger partial charge on any atom is 0.483 e. The highest BCUT2D eigenvalue weighted by Gasteiger charge is 2.52. The summed E-state index contributed by atoms with van der Waals surface area (Å²) in [6, 6.07) is 2.61. The van der Waals surface area contributed by atoms with E-state index in [0.29, 0.717) is 0 Å². The molecule has 23 heteroatoms. The number of aliphatic hydroxyl groups is 5. The zero-order valence-corrected chi connectivity index (χ0v) is 27.3. The summed E-state index contributed by atoms with van der Waals surface area (Å²) in [4.78, 5) is 24.5. The maximum absolute atomic E-state index is 12.8. The van der Waals surface area contributed by atoms with Crippen molar-refractivity contribution in [3.05, 3.63) is 30.4 Å². The molecule has 3 aliphatic heterocycles. The number of phosphoric acid groups is 2. The number of aliphatic hydroxyl groups excluding tert-OH is 5. The van der Waals surface area contributed by atoms with Crippen LogP contribution in [0.4, 0.5) is 5.69 Å². The largest absolute Gasteiger partial charge is 0.506 e. The van der Waals surface area contributed by atoms with Gasteiger partial charge < -0.3 is 71.1 Å². The Morgan fingerprint density at radius 2 is 1.60 bits per heavy atom. The van der Waals surface area contributed by atoms with Crippen LogP contribution in [0.2, 0.25) is 0 Å². The number of nitrogens with one attached hydrogen (secondary N) is 2. The normalized spacial score (nSPS) is 33.6. The molecule has 1 aromatic carbocycles. The highest BCUT2D eigenvalue weighted by molar-refractivity contribution is 7.61. The fourth-order valence-corrected chi connectivity index (χ4v) is 7.64. The van der Waals surface area contributed by atoms with Crippen molar-refractivity contribution in [3.63, 3.8) is 0 Å². The Balaban J connectivity index is 1.18. The second kappa shape index (κ2) is 14.8. The topological polar surface area (TPSA) is 313 Å². The maximum atomic E-state index is 12.8. The third-order valence-electron chi connectivity index (χ3n) is 7.83. The Kier molecular flexibility index (Phi) is 11.4. The molecule has 0 spiro atoms. The number of phosphoric ester groups is 2. The molecule has 0 bridgehead atoms. The molecule has 2 aromatic rings. The lowest BCUT2D eigenvalue weighted by atomic mass is 9.99. The number of anilines is 1. The van der Waals surface area contributed by atoms with E-state index in [2.05, 4.69) is 27.1 Å². The molecule has 2 fully saturated rings. The predicted octanol–water partition coefficient (Wildman–Crippen LogP) is -0.904. The number of aromatic nitrogens is 2. The molecule has 2 saturated heterocycles. The number of ether oxygens (including phenoxy) is 2. The highest BCUT2D eigenvalue weighted by Crippen LogP contribution is 2.62. The van der Waals surface area contributed by atoms with Crippen LogP contribution >= 0.6 is 15.6 Å². The van der Waals surface area contributed by atoms with Crippen molar-refractivity contribution in [1.82, 2.24) is 25.5 Å². The van der Waals surface area contributed by atoms with Crippen LogP contribution in [-0.4, -0.2) is 111 Å². The predicted molar refractivity (Wildman–Crippen MR) is 161 cm³/mol.